The molecular formula is C7H14N2. The van der Waals surface area contributed by atoms with Gasteiger partial charge in [0.25, 0.3) is 0 Å². The Morgan fingerprint density at radius 1 is 1.67 bits per heavy atom. The van der Waals surface area contributed by atoms with Gasteiger partial charge in [-0.15, -0.1) is 0 Å². The molecule has 0 saturated heterocycles. The average molecular weight is 126 g/mol. The molecule has 0 saturated carbocycles. The van der Waals surface area contributed by atoms with E-state index >= 15 is 0 Å². The summed E-state index contributed by atoms with van der Waals surface area (Å²) in [5.41, 5.74) is 0.795. The van der Waals surface area contributed by atoms with Crippen LogP contribution in [0.1, 0.15) is 13.8 Å². The lowest BCUT2D eigenvalue weighted by molar-refractivity contribution is 0.620. The number of hydrogen-bond acceptors (Lipinski definition) is 2. The van der Waals surface area contributed by atoms with Crippen molar-refractivity contribution in [2.45, 2.75) is 19.9 Å². The summed E-state index contributed by atoms with van der Waals surface area (Å²) in [6.45, 7) is 11.9. The van der Waals surface area contributed by atoms with E-state index < -0.39 is 0 Å². The molecule has 0 fully saturated rings. The van der Waals surface area contributed by atoms with Crippen LogP contribution in [0.5, 0.6) is 0 Å². The van der Waals surface area contributed by atoms with Crippen molar-refractivity contribution < 1.29 is 0 Å². The van der Waals surface area contributed by atoms with Crippen LogP contribution in [-0.4, -0.2) is 19.3 Å². The van der Waals surface area contributed by atoms with Gasteiger partial charge in [0.05, 0.1) is 0 Å². The molecule has 0 aliphatic carbocycles. The standard InChI is InChI=1S/C7H14N2/c1-6(2)9-5-7(3)8-4/h6,9H,3-5H2,1-2H3. The van der Waals surface area contributed by atoms with Gasteiger partial charge >= 0.3 is 0 Å². The number of nitrogens with one attached hydrogen (secondary N) is 1. The third-order valence-corrected chi connectivity index (χ3v) is 0.938. The zero-order chi connectivity index (χ0) is 7.28. The van der Waals surface area contributed by atoms with Crippen LogP contribution < -0.4 is 5.32 Å². The number of aliphatic imine (C=N–C) groups is 1. The maximum absolute atomic E-state index is 3.65. The van der Waals surface area contributed by atoms with E-state index in [2.05, 4.69) is 37.5 Å². The van der Waals surface area contributed by atoms with Crippen LogP contribution in [0.3, 0.4) is 0 Å². The third-order valence-electron chi connectivity index (χ3n) is 0.938. The van der Waals surface area contributed by atoms with E-state index in [1.165, 1.54) is 0 Å². The van der Waals surface area contributed by atoms with Crippen molar-refractivity contribution in [1.82, 2.24) is 5.32 Å². The lowest BCUT2D eigenvalue weighted by Crippen LogP contribution is -2.24. The van der Waals surface area contributed by atoms with Crippen molar-refractivity contribution in [3.63, 3.8) is 0 Å². The fraction of sp³-hybridized carbons (Fsp3) is 0.571. The van der Waals surface area contributed by atoms with Gasteiger partial charge in [-0.25, -0.2) is 0 Å². The summed E-state index contributed by atoms with van der Waals surface area (Å²) in [5, 5.41) is 3.16. The molecule has 0 aromatic rings. The van der Waals surface area contributed by atoms with E-state index in [1.54, 1.807) is 0 Å². The summed E-state index contributed by atoms with van der Waals surface area (Å²) in [5.74, 6) is 0. The van der Waals surface area contributed by atoms with E-state index in [0.717, 1.165) is 12.2 Å². The van der Waals surface area contributed by atoms with Crippen molar-refractivity contribution in [3.8, 4) is 0 Å². The molecule has 0 unspecified atom stereocenters. The molecule has 9 heavy (non-hydrogen) atoms. The predicted octanol–water partition coefficient (Wildman–Crippen LogP) is 1.20. The highest BCUT2D eigenvalue weighted by Crippen LogP contribution is 1.87. The van der Waals surface area contributed by atoms with Crippen LogP contribution in [-0.2, 0) is 0 Å². The van der Waals surface area contributed by atoms with Crippen molar-refractivity contribution >= 4 is 6.72 Å². The van der Waals surface area contributed by atoms with E-state index in [1.807, 2.05) is 0 Å². The molecule has 52 valence electrons. The molecular weight excluding hydrogens is 112 g/mol. The first-order valence-corrected chi connectivity index (χ1v) is 3.04. The SMILES string of the molecule is C=NC(=C)CNC(C)C. The molecule has 2 heteroatoms. The van der Waals surface area contributed by atoms with Gasteiger partial charge in [-0.2, -0.15) is 0 Å². The van der Waals surface area contributed by atoms with Gasteiger partial charge in [0.1, 0.15) is 0 Å². The van der Waals surface area contributed by atoms with Gasteiger partial charge in [-0.3, -0.25) is 4.99 Å². The second-order valence-electron chi connectivity index (χ2n) is 2.26. The first-order chi connectivity index (χ1) is 4.16. The topological polar surface area (TPSA) is 24.4 Å². The molecule has 0 aliphatic rings. The molecule has 0 rings (SSSR count). The molecule has 0 bridgehead atoms. The number of nitrogens with zero attached hydrogens (tertiary/aromatic N) is 1. The Morgan fingerprint density at radius 3 is 2.56 bits per heavy atom. The predicted molar refractivity (Wildman–Crippen MR) is 41.8 cm³/mol. The third kappa shape index (κ3) is 5.24. The Morgan fingerprint density at radius 2 is 2.22 bits per heavy atom. The Balaban J connectivity index is 3.27. The maximum atomic E-state index is 3.65. The molecule has 0 aromatic heterocycles. The quantitative estimate of drug-likeness (QED) is 0.562. The second-order valence-corrected chi connectivity index (χ2v) is 2.26. The zero-order valence-electron chi connectivity index (χ0n) is 6.15. The molecule has 0 aromatic carbocycles. The minimum absolute atomic E-state index is 0.489. The van der Waals surface area contributed by atoms with Gasteiger partial charge in [0.15, 0.2) is 0 Å². The van der Waals surface area contributed by atoms with Crippen molar-refractivity contribution in [2.24, 2.45) is 4.99 Å². The van der Waals surface area contributed by atoms with Gasteiger partial charge in [-0.05, 0) is 6.72 Å². The molecule has 2 nitrogen and oxygen atoms in total. The highest BCUT2D eigenvalue weighted by atomic mass is 14.9. The lowest BCUT2D eigenvalue weighted by Gasteiger charge is -2.05. The van der Waals surface area contributed by atoms with E-state index in [4.69, 9.17) is 0 Å². The van der Waals surface area contributed by atoms with Crippen LogP contribution in [0.15, 0.2) is 17.3 Å². The highest BCUT2D eigenvalue weighted by molar-refractivity contribution is 5.28. The monoisotopic (exact) mass is 126 g/mol. The van der Waals surface area contributed by atoms with Crippen LogP contribution in [0.2, 0.25) is 0 Å². The van der Waals surface area contributed by atoms with Crippen LogP contribution in [0.4, 0.5) is 0 Å². The smallest absolute Gasteiger partial charge is 0.0462 e. The molecule has 0 aliphatic heterocycles. The Hall–Kier alpha value is -0.630. The largest absolute Gasteiger partial charge is 0.309 e. The van der Waals surface area contributed by atoms with Crippen LogP contribution in [0, 0.1) is 0 Å². The molecule has 0 atom stereocenters. The summed E-state index contributed by atoms with van der Waals surface area (Å²) in [4.78, 5) is 3.65. The number of rotatable bonds is 4. The second kappa shape index (κ2) is 4.27. The summed E-state index contributed by atoms with van der Waals surface area (Å²) < 4.78 is 0. The first-order valence-electron chi connectivity index (χ1n) is 3.04. The first kappa shape index (κ1) is 8.37. The molecule has 0 amide bonds. The summed E-state index contributed by atoms with van der Waals surface area (Å²) >= 11 is 0. The lowest BCUT2D eigenvalue weighted by atomic mass is 10.4. The Bertz CT molecular complexity index is 105. The Labute approximate surface area is 56.7 Å². The molecule has 1 N–H and O–H groups in total. The summed E-state index contributed by atoms with van der Waals surface area (Å²) in [7, 11) is 0. The van der Waals surface area contributed by atoms with E-state index in [9.17, 15) is 0 Å². The van der Waals surface area contributed by atoms with E-state index in [-0.39, 0.29) is 0 Å². The molecule has 0 heterocycles. The van der Waals surface area contributed by atoms with Crippen molar-refractivity contribution in [2.75, 3.05) is 6.54 Å². The van der Waals surface area contributed by atoms with Crippen LogP contribution >= 0.6 is 0 Å². The molecule has 0 radical (unpaired) electrons. The summed E-state index contributed by atoms with van der Waals surface area (Å²) in [6, 6.07) is 0.489. The minimum Gasteiger partial charge on any atom is -0.309 e. The minimum atomic E-state index is 0.489. The maximum Gasteiger partial charge on any atom is 0.0462 e. The molecule has 0 spiro atoms. The normalized spacial score (nSPS) is 9.67. The van der Waals surface area contributed by atoms with Gasteiger partial charge in [0.2, 0.25) is 0 Å². The summed E-state index contributed by atoms with van der Waals surface area (Å²) in [6.07, 6.45) is 0. The van der Waals surface area contributed by atoms with Gasteiger partial charge in [0, 0.05) is 18.3 Å². The Kier molecular flexibility index (Phi) is 3.97. The van der Waals surface area contributed by atoms with Crippen molar-refractivity contribution in [1.29, 1.82) is 0 Å². The van der Waals surface area contributed by atoms with E-state index in [0.29, 0.717) is 6.04 Å². The van der Waals surface area contributed by atoms with Gasteiger partial charge in [-0.1, -0.05) is 20.4 Å². The number of hydrogen-bond donors (Lipinski definition) is 1. The average Bonchev–Trinajstić information content (AvgIpc) is 1.83. The van der Waals surface area contributed by atoms with Gasteiger partial charge < -0.3 is 5.32 Å². The van der Waals surface area contributed by atoms with Crippen molar-refractivity contribution in [3.05, 3.63) is 12.3 Å². The fourth-order valence-corrected chi connectivity index (χ4v) is 0.378. The zero-order valence-corrected chi connectivity index (χ0v) is 6.15. The van der Waals surface area contributed by atoms with Crippen LogP contribution in [0.25, 0.3) is 0 Å². The highest BCUT2D eigenvalue weighted by Gasteiger charge is 1.91. The fourth-order valence-electron chi connectivity index (χ4n) is 0.378.